The third kappa shape index (κ3) is 4.33. The normalized spacial score (nSPS) is 13.0. The van der Waals surface area contributed by atoms with Crippen LogP contribution in [0.25, 0.3) is 11.2 Å². The summed E-state index contributed by atoms with van der Waals surface area (Å²) in [5, 5.41) is 3.00. The lowest BCUT2D eigenvalue weighted by molar-refractivity contribution is -0.122. The summed E-state index contributed by atoms with van der Waals surface area (Å²) >= 11 is 0. The first-order valence-corrected chi connectivity index (χ1v) is 10.4. The average Bonchev–Trinajstić information content (AvgIpc) is 3.08. The minimum atomic E-state index is -0.568. The highest BCUT2D eigenvalue weighted by Crippen LogP contribution is 2.26. The predicted molar refractivity (Wildman–Crippen MR) is 121 cm³/mol. The van der Waals surface area contributed by atoms with E-state index in [1.54, 1.807) is 18.7 Å². The van der Waals surface area contributed by atoms with Crippen LogP contribution in [-0.4, -0.2) is 24.6 Å². The van der Waals surface area contributed by atoms with Gasteiger partial charge in [-0.25, -0.2) is 14.3 Å². The molecule has 0 saturated carbocycles. The quantitative estimate of drug-likeness (QED) is 0.679. The van der Waals surface area contributed by atoms with Gasteiger partial charge in [0.25, 0.3) is 5.56 Å². The second-order valence-electron chi connectivity index (χ2n) is 9.42. The van der Waals surface area contributed by atoms with Gasteiger partial charge in [-0.2, -0.15) is 0 Å². The fourth-order valence-corrected chi connectivity index (χ4v) is 3.72. The molecule has 0 saturated heterocycles. The van der Waals surface area contributed by atoms with Crippen LogP contribution in [0.2, 0.25) is 0 Å². The van der Waals surface area contributed by atoms with Gasteiger partial charge >= 0.3 is 5.69 Å². The van der Waals surface area contributed by atoms with Crippen molar-refractivity contribution >= 4 is 17.1 Å². The number of carbonyl (C=O) groups excluding carboxylic acids is 1. The van der Waals surface area contributed by atoms with Crippen molar-refractivity contribution in [2.45, 2.75) is 52.6 Å². The summed E-state index contributed by atoms with van der Waals surface area (Å²) < 4.78 is 3.80. The molecule has 0 radical (unpaired) electrons. The Morgan fingerprint density at radius 1 is 1.10 bits per heavy atom. The number of benzene rings is 1. The highest BCUT2D eigenvalue weighted by molar-refractivity contribution is 5.77. The van der Waals surface area contributed by atoms with Crippen molar-refractivity contribution in [2.75, 3.05) is 0 Å². The van der Waals surface area contributed by atoms with E-state index in [0.29, 0.717) is 5.65 Å². The highest BCUT2D eigenvalue weighted by Gasteiger charge is 2.22. The van der Waals surface area contributed by atoms with E-state index in [1.165, 1.54) is 16.5 Å². The number of rotatable bonds is 5. The number of nitrogens with one attached hydrogen (secondary N) is 1. The van der Waals surface area contributed by atoms with Crippen LogP contribution in [0.15, 0.2) is 40.2 Å². The number of aryl methyl sites for hydroxylation is 2. The Kier molecular flexibility index (Phi) is 5.93. The Hall–Kier alpha value is -3.16. The van der Waals surface area contributed by atoms with Crippen molar-refractivity contribution in [3.05, 3.63) is 62.6 Å². The molecule has 0 bridgehead atoms. The minimum absolute atomic E-state index is 0.0424. The third-order valence-electron chi connectivity index (χ3n) is 5.62. The lowest BCUT2D eigenvalue weighted by Gasteiger charge is -2.25. The third-order valence-corrected chi connectivity index (χ3v) is 5.62. The van der Waals surface area contributed by atoms with Gasteiger partial charge in [-0.15, -0.1) is 0 Å². The molecule has 3 rings (SSSR count). The summed E-state index contributed by atoms with van der Waals surface area (Å²) in [6.45, 7) is 10.2. The van der Waals surface area contributed by atoms with Crippen molar-refractivity contribution in [1.82, 2.24) is 24.0 Å². The first kappa shape index (κ1) is 22.5. The first-order chi connectivity index (χ1) is 14.4. The summed E-state index contributed by atoms with van der Waals surface area (Å²) in [7, 11) is 3.22. The fraction of sp³-hybridized carbons (Fsp3) is 0.478. The average molecular weight is 426 g/mol. The lowest BCUT2D eigenvalue weighted by Crippen LogP contribution is -2.44. The number of fused-ring (bicyclic) bond motifs is 1. The number of carbonyl (C=O) groups is 1. The maximum absolute atomic E-state index is 12.9. The zero-order valence-corrected chi connectivity index (χ0v) is 19.3. The molecule has 0 unspecified atom stereocenters. The van der Waals surface area contributed by atoms with Crippen LogP contribution in [0.4, 0.5) is 0 Å². The minimum Gasteiger partial charge on any atom is -0.347 e. The molecule has 2 heterocycles. The van der Waals surface area contributed by atoms with Gasteiger partial charge in [0.2, 0.25) is 5.91 Å². The number of aromatic nitrogens is 4. The van der Waals surface area contributed by atoms with E-state index in [0.717, 1.165) is 10.1 Å². The number of amides is 1. The molecule has 8 heteroatoms. The van der Waals surface area contributed by atoms with Gasteiger partial charge in [0, 0.05) is 14.1 Å². The van der Waals surface area contributed by atoms with Crippen molar-refractivity contribution in [1.29, 1.82) is 0 Å². The maximum atomic E-state index is 12.9. The summed E-state index contributed by atoms with van der Waals surface area (Å²) in [5.41, 5.74) is 1.73. The van der Waals surface area contributed by atoms with Crippen LogP contribution < -0.4 is 16.6 Å². The van der Waals surface area contributed by atoms with Crippen molar-refractivity contribution in [2.24, 2.45) is 20.0 Å². The van der Waals surface area contributed by atoms with Gasteiger partial charge < -0.3 is 9.88 Å². The molecule has 0 aliphatic rings. The Morgan fingerprint density at radius 2 is 1.71 bits per heavy atom. The maximum Gasteiger partial charge on any atom is 0.332 e. The van der Waals surface area contributed by atoms with Gasteiger partial charge in [-0.05, 0) is 22.5 Å². The van der Waals surface area contributed by atoms with E-state index in [9.17, 15) is 14.4 Å². The Labute approximate surface area is 181 Å². The summed E-state index contributed by atoms with van der Waals surface area (Å²) in [5.74, 6) is -0.261. The van der Waals surface area contributed by atoms with E-state index in [-0.39, 0.29) is 35.3 Å². The second-order valence-corrected chi connectivity index (χ2v) is 9.42. The molecule has 0 aliphatic heterocycles. The van der Waals surface area contributed by atoms with Crippen molar-refractivity contribution in [3.8, 4) is 0 Å². The zero-order chi connectivity index (χ0) is 23.1. The second kappa shape index (κ2) is 8.17. The predicted octanol–water partition coefficient (Wildman–Crippen LogP) is 2.24. The SMILES string of the molecule is CC(C)[C@H](NC(=O)Cn1c(=O)c2c(ncn2C)n(C)c1=O)c1ccc(C(C)(C)C)cc1. The number of hydrogen-bond donors (Lipinski definition) is 1. The Bertz CT molecular complexity index is 1220. The molecule has 2 aromatic heterocycles. The molecule has 31 heavy (non-hydrogen) atoms. The van der Waals surface area contributed by atoms with Crippen LogP contribution in [0.3, 0.4) is 0 Å². The van der Waals surface area contributed by atoms with E-state index in [2.05, 4.69) is 43.2 Å². The van der Waals surface area contributed by atoms with Crippen LogP contribution in [0.5, 0.6) is 0 Å². The summed E-state index contributed by atoms with van der Waals surface area (Å²) in [4.78, 5) is 42.5. The van der Waals surface area contributed by atoms with Crippen molar-refractivity contribution < 1.29 is 4.79 Å². The molecular weight excluding hydrogens is 394 g/mol. The summed E-state index contributed by atoms with van der Waals surface area (Å²) in [6.07, 6.45) is 1.48. The molecule has 1 amide bonds. The molecule has 166 valence electrons. The van der Waals surface area contributed by atoms with Crippen LogP contribution >= 0.6 is 0 Å². The molecule has 0 fully saturated rings. The molecule has 0 aliphatic carbocycles. The molecule has 0 spiro atoms. The van der Waals surface area contributed by atoms with E-state index < -0.39 is 11.2 Å². The number of nitrogens with zero attached hydrogens (tertiary/aromatic N) is 4. The topological polar surface area (TPSA) is 90.9 Å². The van der Waals surface area contributed by atoms with Crippen LogP contribution in [0, 0.1) is 5.92 Å². The standard InChI is InChI=1S/C23H31N5O3/c1-14(2)18(15-8-10-16(11-9-15)23(3,4)5)25-17(29)12-28-21(30)19-20(24-13-26(19)6)27(7)22(28)31/h8-11,13-14,18H,12H2,1-7H3,(H,25,29)/t18-/m0/s1. The van der Waals surface area contributed by atoms with Crippen molar-refractivity contribution in [3.63, 3.8) is 0 Å². The highest BCUT2D eigenvalue weighted by atomic mass is 16.2. The van der Waals surface area contributed by atoms with Gasteiger partial charge in [-0.1, -0.05) is 58.9 Å². The van der Waals surface area contributed by atoms with Gasteiger partial charge in [0.05, 0.1) is 12.4 Å². The Balaban J connectivity index is 1.89. The lowest BCUT2D eigenvalue weighted by atomic mass is 9.85. The molecule has 1 atom stereocenters. The molecule has 1 N–H and O–H groups in total. The van der Waals surface area contributed by atoms with Gasteiger partial charge in [-0.3, -0.25) is 14.2 Å². The molecule has 3 aromatic rings. The largest absolute Gasteiger partial charge is 0.347 e. The van der Waals surface area contributed by atoms with Crippen LogP contribution in [0.1, 0.15) is 51.8 Å². The zero-order valence-electron chi connectivity index (χ0n) is 19.3. The summed E-state index contributed by atoms with van der Waals surface area (Å²) in [6, 6.07) is 7.97. The Morgan fingerprint density at radius 3 is 2.26 bits per heavy atom. The monoisotopic (exact) mass is 425 g/mol. The number of imidazole rings is 1. The van der Waals surface area contributed by atoms with Crippen LogP contribution in [-0.2, 0) is 30.8 Å². The molecular formula is C23H31N5O3. The number of hydrogen-bond acceptors (Lipinski definition) is 4. The smallest absolute Gasteiger partial charge is 0.332 e. The first-order valence-electron chi connectivity index (χ1n) is 10.4. The van der Waals surface area contributed by atoms with E-state index >= 15 is 0 Å². The van der Waals surface area contributed by atoms with Gasteiger partial charge in [0.1, 0.15) is 6.54 Å². The van der Waals surface area contributed by atoms with E-state index in [4.69, 9.17) is 0 Å². The molecule has 1 aromatic carbocycles. The van der Waals surface area contributed by atoms with E-state index in [1.807, 2.05) is 26.0 Å². The molecule has 8 nitrogen and oxygen atoms in total. The fourth-order valence-electron chi connectivity index (χ4n) is 3.72. The van der Waals surface area contributed by atoms with Gasteiger partial charge in [0.15, 0.2) is 11.2 Å².